The first kappa shape index (κ1) is 19.8. The maximum atomic E-state index is 13.0. The number of piperazine rings is 1. The molecular weight excluding hydrogens is 411 g/mol. The van der Waals surface area contributed by atoms with E-state index in [1.54, 1.807) is 5.38 Å². The smallest absolute Gasteiger partial charge is 0.275 e. The first-order chi connectivity index (χ1) is 14.1. The number of amides is 1. The molecule has 1 amide bonds. The van der Waals surface area contributed by atoms with E-state index in [0.717, 1.165) is 48.4 Å². The average Bonchev–Trinajstić information content (AvgIpc) is 3.19. The van der Waals surface area contributed by atoms with Gasteiger partial charge in [0.15, 0.2) is 0 Å². The maximum Gasteiger partial charge on any atom is 0.275 e. The number of anilines is 2. The fourth-order valence-electron chi connectivity index (χ4n) is 3.24. The molecule has 0 spiro atoms. The topological polar surface area (TPSA) is 48.5 Å². The third kappa shape index (κ3) is 5.12. The molecule has 0 bridgehead atoms. The van der Waals surface area contributed by atoms with Gasteiger partial charge in [-0.1, -0.05) is 17.7 Å². The highest BCUT2D eigenvalue weighted by Crippen LogP contribution is 2.22. The van der Waals surface area contributed by atoms with E-state index < -0.39 is 0 Å². The van der Waals surface area contributed by atoms with Crippen LogP contribution in [0.15, 0.2) is 53.9 Å². The van der Waals surface area contributed by atoms with E-state index in [1.165, 1.54) is 35.6 Å². The lowest BCUT2D eigenvalue weighted by atomic mass is 10.2. The van der Waals surface area contributed by atoms with Gasteiger partial charge in [0.1, 0.15) is 16.5 Å². The summed E-state index contributed by atoms with van der Waals surface area (Å²) >= 11 is 7.57. The molecule has 0 saturated carbocycles. The minimum absolute atomic E-state index is 0.287. The van der Waals surface area contributed by atoms with Crippen molar-refractivity contribution in [2.45, 2.75) is 6.54 Å². The van der Waals surface area contributed by atoms with Gasteiger partial charge in [0.25, 0.3) is 5.91 Å². The Balaban J connectivity index is 1.30. The van der Waals surface area contributed by atoms with Crippen LogP contribution in [-0.4, -0.2) is 42.0 Å². The second-order valence-corrected chi connectivity index (χ2v) is 8.21. The molecule has 1 N–H and O–H groups in total. The van der Waals surface area contributed by atoms with Gasteiger partial charge in [-0.25, -0.2) is 9.37 Å². The highest BCUT2D eigenvalue weighted by atomic mass is 35.5. The van der Waals surface area contributed by atoms with Crippen molar-refractivity contribution in [2.75, 3.05) is 36.4 Å². The van der Waals surface area contributed by atoms with Crippen LogP contribution in [0.4, 0.5) is 15.8 Å². The molecule has 1 aromatic heterocycles. The Bertz CT molecular complexity index is 986. The number of hydrogen-bond donors (Lipinski definition) is 1. The molecule has 0 unspecified atom stereocenters. The van der Waals surface area contributed by atoms with Crippen LogP contribution in [0.2, 0.25) is 5.02 Å². The van der Waals surface area contributed by atoms with Crippen molar-refractivity contribution in [1.82, 2.24) is 9.88 Å². The minimum Gasteiger partial charge on any atom is -0.369 e. The summed E-state index contributed by atoms with van der Waals surface area (Å²) in [5.41, 5.74) is 2.07. The van der Waals surface area contributed by atoms with E-state index in [4.69, 9.17) is 11.6 Å². The molecule has 150 valence electrons. The summed E-state index contributed by atoms with van der Waals surface area (Å²) in [6.07, 6.45) is 0. The zero-order valence-corrected chi connectivity index (χ0v) is 17.2. The predicted molar refractivity (Wildman–Crippen MR) is 115 cm³/mol. The van der Waals surface area contributed by atoms with Crippen LogP contribution in [0.25, 0.3) is 0 Å². The number of carbonyl (C=O) groups excluding carboxylic acids is 1. The molecule has 1 aliphatic rings. The lowest BCUT2D eigenvalue weighted by Crippen LogP contribution is -2.45. The molecule has 29 heavy (non-hydrogen) atoms. The molecule has 1 fully saturated rings. The average molecular weight is 431 g/mol. The fourth-order valence-corrected chi connectivity index (χ4v) is 4.24. The molecule has 8 heteroatoms. The molecule has 0 aliphatic carbocycles. The number of benzene rings is 2. The second-order valence-electron chi connectivity index (χ2n) is 6.83. The highest BCUT2D eigenvalue weighted by molar-refractivity contribution is 7.09. The Kier molecular flexibility index (Phi) is 6.08. The van der Waals surface area contributed by atoms with Crippen LogP contribution in [-0.2, 0) is 6.54 Å². The zero-order chi connectivity index (χ0) is 20.2. The number of carbonyl (C=O) groups is 1. The standard InChI is InChI=1S/C21H20ClFN4OS/c22-15-2-1-3-18(12-15)27-10-8-26(9-11-27)13-20-25-19(14-29-20)21(28)24-17-6-4-16(23)5-7-17/h1-7,12,14H,8-11,13H2,(H,24,28). The molecule has 1 saturated heterocycles. The lowest BCUT2D eigenvalue weighted by molar-refractivity contribution is 0.102. The van der Waals surface area contributed by atoms with Crippen molar-refractivity contribution in [3.05, 3.63) is 75.5 Å². The summed E-state index contributed by atoms with van der Waals surface area (Å²) in [5.74, 6) is -0.626. The third-order valence-electron chi connectivity index (χ3n) is 4.79. The summed E-state index contributed by atoms with van der Waals surface area (Å²) in [4.78, 5) is 21.5. The van der Waals surface area contributed by atoms with Gasteiger partial charge in [-0.3, -0.25) is 9.69 Å². The molecular formula is C21H20ClFN4OS. The number of hydrogen-bond acceptors (Lipinski definition) is 5. The van der Waals surface area contributed by atoms with Crippen LogP contribution in [0.1, 0.15) is 15.5 Å². The van der Waals surface area contributed by atoms with Gasteiger partial charge in [-0.15, -0.1) is 11.3 Å². The van der Waals surface area contributed by atoms with Crippen LogP contribution >= 0.6 is 22.9 Å². The van der Waals surface area contributed by atoms with Crippen LogP contribution in [0.3, 0.4) is 0 Å². The fraction of sp³-hybridized carbons (Fsp3) is 0.238. The van der Waals surface area contributed by atoms with E-state index in [-0.39, 0.29) is 11.7 Å². The highest BCUT2D eigenvalue weighted by Gasteiger charge is 2.19. The van der Waals surface area contributed by atoms with Gasteiger partial charge in [0, 0.05) is 48.0 Å². The maximum absolute atomic E-state index is 13.0. The number of thiazole rings is 1. The van der Waals surface area contributed by atoms with Crippen molar-refractivity contribution in [1.29, 1.82) is 0 Å². The summed E-state index contributed by atoms with van der Waals surface area (Å²) < 4.78 is 13.0. The van der Waals surface area contributed by atoms with Crippen molar-refractivity contribution >= 4 is 40.2 Å². The van der Waals surface area contributed by atoms with Crippen molar-refractivity contribution in [3.63, 3.8) is 0 Å². The zero-order valence-electron chi connectivity index (χ0n) is 15.6. The SMILES string of the molecule is O=C(Nc1ccc(F)cc1)c1csc(CN2CCN(c3cccc(Cl)c3)CC2)n1. The molecule has 3 aromatic rings. The summed E-state index contributed by atoms with van der Waals surface area (Å²) in [6.45, 7) is 4.40. The van der Waals surface area contributed by atoms with Gasteiger partial charge in [0.05, 0.1) is 6.54 Å². The number of aromatic nitrogens is 1. The summed E-state index contributed by atoms with van der Waals surface area (Å²) in [5, 5.41) is 6.16. The summed E-state index contributed by atoms with van der Waals surface area (Å²) in [6, 6.07) is 13.6. The first-order valence-corrected chi connectivity index (χ1v) is 10.6. The van der Waals surface area contributed by atoms with E-state index >= 15 is 0 Å². The Morgan fingerprint density at radius 1 is 1.14 bits per heavy atom. The second kappa shape index (κ2) is 8.90. The van der Waals surface area contributed by atoms with Gasteiger partial charge in [-0.2, -0.15) is 0 Å². The Labute approximate surface area is 177 Å². The monoisotopic (exact) mass is 430 g/mol. The molecule has 1 aliphatic heterocycles. The van der Waals surface area contributed by atoms with Crippen LogP contribution in [0, 0.1) is 5.82 Å². The number of nitrogens with zero attached hydrogens (tertiary/aromatic N) is 3. The quantitative estimate of drug-likeness (QED) is 0.647. The van der Waals surface area contributed by atoms with Gasteiger partial charge in [-0.05, 0) is 42.5 Å². The van der Waals surface area contributed by atoms with Crippen molar-refractivity contribution in [2.24, 2.45) is 0 Å². The normalized spacial score (nSPS) is 14.8. The van der Waals surface area contributed by atoms with E-state index in [0.29, 0.717) is 11.4 Å². The molecule has 0 radical (unpaired) electrons. The third-order valence-corrected chi connectivity index (χ3v) is 5.86. The lowest BCUT2D eigenvalue weighted by Gasteiger charge is -2.35. The predicted octanol–water partition coefficient (Wildman–Crippen LogP) is 4.51. The largest absolute Gasteiger partial charge is 0.369 e. The van der Waals surface area contributed by atoms with E-state index in [9.17, 15) is 9.18 Å². The number of halogens is 2. The van der Waals surface area contributed by atoms with Crippen LogP contribution < -0.4 is 10.2 Å². The molecule has 4 rings (SSSR count). The van der Waals surface area contributed by atoms with Gasteiger partial charge < -0.3 is 10.2 Å². The van der Waals surface area contributed by atoms with Crippen molar-refractivity contribution < 1.29 is 9.18 Å². The molecule has 0 atom stereocenters. The van der Waals surface area contributed by atoms with E-state index in [1.807, 2.05) is 18.2 Å². The Hall–Kier alpha value is -2.48. The van der Waals surface area contributed by atoms with E-state index in [2.05, 4.69) is 26.2 Å². The van der Waals surface area contributed by atoms with Crippen LogP contribution in [0.5, 0.6) is 0 Å². The van der Waals surface area contributed by atoms with Gasteiger partial charge in [0.2, 0.25) is 0 Å². The first-order valence-electron chi connectivity index (χ1n) is 9.31. The number of rotatable bonds is 5. The molecule has 2 heterocycles. The molecule has 2 aromatic carbocycles. The minimum atomic E-state index is -0.339. The Morgan fingerprint density at radius 2 is 1.90 bits per heavy atom. The summed E-state index contributed by atoms with van der Waals surface area (Å²) in [7, 11) is 0. The van der Waals surface area contributed by atoms with Crippen molar-refractivity contribution in [3.8, 4) is 0 Å². The molecule has 5 nitrogen and oxygen atoms in total. The Morgan fingerprint density at radius 3 is 2.62 bits per heavy atom. The van der Waals surface area contributed by atoms with Gasteiger partial charge >= 0.3 is 0 Å². The number of nitrogens with one attached hydrogen (secondary N) is 1.